The van der Waals surface area contributed by atoms with Crippen LogP contribution in [-0.2, 0) is 0 Å². The summed E-state index contributed by atoms with van der Waals surface area (Å²) in [5.41, 5.74) is 7.32. The molecule has 0 spiro atoms. The van der Waals surface area contributed by atoms with Crippen molar-refractivity contribution < 1.29 is 4.74 Å². The van der Waals surface area contributed by atoms with E-state index >= 15 is 0 Å². The van der Waals surface area contributed by atoms with E-state index in [9.17, 15) is 0 Å². The molecule has 0 saturated heterocycles. The largest absolute Gasteiger partial charge is 0.494 e. The second kappa shape index (κ2) is 14.2. The van der Waals surface area contributed by atoms with Crippen LogP contribution >= 0.6 is 40.4 Å². The van der Waals surface area contributed by atoms with Crippen LogP contribution in [-0.4, -0.2) is 23.4 Å². The summed E-state index contributed by atoms with van der Waals surface area (Å²) in [6, 6.07) is 15.6. The molecule has 0 amide bonds. The summed E-state index contributed by atoms with van der Waals surface area (Å²) in [5.74, 6) is 0.828. The molecule has 5 nitrogen and oxygen atoms in total. The summed E-state index contributed by atoms with van der Waals surface area (Å²) in [7, 11) is 0. The van der Waals surface area contributed by atoms with E-state index in [0.717, 1.165) is 41.0 Å². The first-order chi connectivity index (χ1) is 14.5. The van der Waals surface area contributed by atoms with E-state index in [1.54, 1.807) is 0 Å². The molecule has 5 N–H and O–H groups in total. The number of rotatable bonds is 12. The molecule has 2 aromatic carbocycles. The number of halogens is 1. The number of hydrogen-bond acceptors (Lipinski definition) is 3. The van der Waals surface area contributed by atoms with Crippen molar-refractivity contribution in [3.05, 3.63) is 53.0 Å². The van der Waals surface area contributed by atoms with Crippen LogP contribution in [0.4, 0.5) is 11.4 Å². The van der Waals surface area contributed by atoms with Gasteiger partial charge in [-0.2, -0.15) is 0 Å². The van der Waals surface area contributed by atoms with Gasteiger partial charge in [0.2, 0.25) is 0 Å². The standard InChI is InChI=1S/C22H29BrN4OS2/c23-17-9-7-10-18(15-17)27-22(30)25-13-5-3-1-2-4-6-14-28-20-12-8-11-19(16-20)26-21(24)29/h7-12,15-16H,1-6,13-14H2,(H3,24,26,29)(H2,25,27,30). The minimum Gasteiger partial charge on any atom is -0.494 e. The zero-order valence-corrected chi connectivity index (χ0v) is 20.2. The van der Waals surface area contributed by atoms with Crippen LogP contribution in [0.5, 0.6) is 5.75 Å². The molecule has 2 rings (SSSR count). The van der Waals surface area contributed by atoms with Crippen molar-refractivity contribution in [1.29, 1.82) is 0 Å². The second-order valence-corrected chi connectivity index (χ2v) is 8.64. The van der Waals surface area contributed by atoms with Gasteiger partial charge in [-0.3, -0.25) is 0 Å². The maximum atomic E-state index is 5.80. The molecule has 0 aromatic heterocycles. The van der Waals surface area contributed by atoms with Gasteiger partial charge in [0.05, 0.1) is 6.61 Å². The maximum Gasteiger partial charge on any atom is 0.170 e. The third-order valence-electron chi connectivity index (χ3n) is 4.31. The van der Waals surface area contributed by atoms with Gasteiger partial charge in [0.1, 0.15) is 5.75 Å². The Morgan fingerprint density at radius 2 is 1.53 bits per heavy atom. The van der Waals surface area contributed by atoms with Crippen molar-refractivity contribution in [3.8, 4) is 5.75 Å². The highest BCUT2D eigenvalue weighted by Gasteiger charge is 2.00. The van der Waals surface area contributed by atoms with E-state index in [2.05, 4.69) is 31.9 Å². The molecule has 0 fully saturated rings. The lowest BCUT2D eigenvalue weighted by molar-refractivity contribution is 0.304. The summed E-state index contributed by atoms with van der Waals surface area (Å²) in [6.07, 6.45) is 6.96. The average Bonchev–Trinajstić information content (AvgIpc) is 2.69. The van der Waals surface area contributed by atoms with E-state index in [1.807, 2.05) is 48.5 Å². The fourth-order valence-electron chi connectivity index (χ4n) is 2.87. The van der Waals surface area contributed by atoms with Crippen molar-refractivity contribution in [2.24, 2.45) is 5.73 Å². The molecule has 2 aromatic rings. The SMILES string of the molecule is NC(=S)Nc1cccc(OCCCCCCCCNC(=S)Nc2cccc(Br)c2)c1. The number of benzene rings is 2. The van der Waals surface area contributed by atoms with E-state index in [1.165, 1.54) is 25.7 Å². The summed E-state index contributed by atoms with van der Waals surface area (Å²) in [5, 5.41) is 10.3. The fraction of sp³-hybridized carbons (Fsp3) is 0.364. The number of ether oxygens (including phenoxy) is 1. The minimum absolute atomic E-state index is 0.255. The van der Waals surface area contributed by atoms with Gasteiger partial charge in [0.25, 0.3) is 0 Å². The molecule has 0 aliphatic rings. The highest BCUT2D eigenvalue weighted by molar-refractivity contribution is 9.10. The number of unbranched alkanes of at least 4 members (excludes halogenated alkanes) is 5. The van der Waals surface area contributed by atoms with Crippen molar-refractivity contribution in [1.82, 2.24) is 5.32 Å². The van der Waals surface area contributed by atoms with E-state index in [0.29, 0.717) is 11.7 Å². The van der Waals surface area contributed by atoms with Crippen LogP contribution in [0.15, 0.2) is 53.0 Å². The van der Waals surface area contributed by atoms with Gasteiger partial charge in [-0.25, -0.2) is 0 Å². The molecule has 30 heavy (non-hydrogen) atoms. The molecule has 162 valence electrons. The topological polar surface area (TPSA) is 71.3 Å². The normalized spacial score (nSPS) is 10.3. The summed E-state index contributed by atoms with van der Waals surface area (Å²) < 4.78 is 6.83. The third-order valence-corrected chi connectivity index (χ3v) is 5.15. The Morgan fingerprint density at radius 1 is 0.867 bits per heavy atom. The van der Waals surface area contributed by atoms with Gasteiger partial charge in [-0.1, -0.05) is 53.7 Å². The van der Waals surface area contributed by atoms with Crippen molar-refractivity contribution in [2.75, 3.05) is 23.8 Å². The first-order valence-electron chi connectivity index (χ1n) is 10.1. The van der Waals surface area contributed by atoms with Gasteiger partial charge in [-0.05, 0) is 67.6 Å². The second-order valence-electron chi connectivity index (χ2n) is 6.88. The lowest BCUT2D eigenvalue weighted by Gasteiger charge is -2.11. The van der Waals surface area contributed by atoms with E-state index < -0.39 is 0 Å². The Labute approximate surface area is 198 Å². The summed E-state index contributed by atoms with van der Waals surface area (Å²) in [6.45, 7) is 1.60. The lowest BCUT2D eigenvalue weighted by atomic mass is 10.1. The monoisotopic (exact) mass is 508 g/mol. The molecule has 0 aliphatic carbocycles. The number of thiocarbonyl (C=S) groups is 2. The van der Waals surface area contributed by atoms with Gasteiger partial charge < -0.3 is 26.4 Å². The summed E-state index contributed by atoms with van der Waals surface area (Å²) in [4.78, 5) is 0. The number of nitrogens with two attached hydrogens (primary N) is 1. The molecular formula is C22H29BrN4OS2. The lowest BCUT2D eigenvalue weighted by Crippen LogP contribution is -2.29. The molecule has 0 bridgehead atoms. The van der Waals surface area contributed by atoms with E-state index in [4.69, 9.17) is 34.9 Å². The first kappa shape index (κ1) is 24.4. The first-order valence-corrected chi connectivity index (χ1v) is 11.7. The van der Waals surface area contributed by atoms with Crippen LogP contribution in [0, 0.1) is 0 Å². The quantitative estimate of drug-likeness (QED) is 0.213. The Kier molecular flexibility index (Phi) is 11.5. The molecular weight excluding hydrogens is 480 g/mol. The van der Waals surface area contributed by atoms with Gasteiger partial charge in [0, 0.05) is 28.5 Å². The zero-order chi connectivity index (χ0) is 21.6. The Morgan fingerprint density at radius 3 is 2.27 bits per heavy atom. The van der Waals surface area contributed by atoms with Gasteiger partial charge in [0.15, 0.2) is 10.2 Å². The van der Waals surface area contributed by atoms with Crippen LogP contribution in [0.25, 0.3) is 0 Å². The molecule has 0 saturated carbocycles. The molecule has 0 atom stereocenters. The fourth-order valence-corrected chi connectivity index (χ4v) is 3.61. The Hall–Kier alpha value is -1.90. The average molecular weight is 510 g/mol. The predicted octanol–water partition coefficient (Wildman–Crippen LogP) is 5.81. The van der Waals surface area contributed by atoms with Crippen LogP contribution in [0.2, 0.25) is 0 Å². The van der Waals surface area contributed by atoms with Crippen molar-refractivity contribution >= 4 is 62.0 Å². The zero-order valence-electron chi connectivity index (χ0n) is 17.0. The molecule has 0 heterocycles. The molecule has 0 aliphatic heterocycles. The molecule has 8 heteroatoms. The Balaban J connectivity index is 1.45. The third kappa shape index (κ3) is 10.8. The predicted molar refractivity (Wildman–Crippen MR) is 138 cm³/mol. The minimum atomic E-state index is 0.255. The number of nitrogens with one attached hydrogen (secondary N) is 3. The van der Waals surface area contributed by atoms with Crippen LogP contribution in [0.3, 0.4) is 0 Å². The van der Waals surface area contributed by atoms with Crippen molar-refractivity contribution in [3.63, 3.8) is 0 Å². The highest BCUT2D eigenvalue weighted by atomic mass is 79.9. The Bertz CT molecular complexity index is 819. The molecule has 0 unspecified atom stereocenters. The van der Waals surface area contributed by atoms with E-state index in [-0.39, 0.29) is 5.11 Å². The van der Waals surface area contributed by atoms with Crippen LogP contribution < -0.4 is 26.4 Å². The smallest absolute Gasteiger partial charge is 0.170 e. The summed E-state index contributed by atoms with van der Waals surface area (Å²) >= 11 is 13.6. The maximum absolute atomic E-state index is 5.80. The van der Waals surface area contributed by atoms with Gasteiger partial charge >= 0.3 is 0 Å². The van der Waals surface area contributed by atoms with Gasteiger partial charge in [-0.15, -0.1) is 0 Å². The number of hydrogen-bond donors (Lipinski definition) is 4. The molecule has 0 radical (unpaired) electrons. The van der Waals surface area contributed by atoms with Crippen LogP contribution in [0.1, 0.15) is 38.5 Å². The number of anilines is 2. The van der Waals surface area contributed by atoms with Crippen molar-refractivity contribution in [2.45, 2.75) is 38.5 Å². The highest BCUT2D eigenvalue weighted by Crippen LogP contribution is 2.18.